The fourth-order valence-electron chi connectivity index (χ4n) is 2.53. The maximum Gasteiger partial charge on any atom is 0.470 e. The molecule has 1 saturated heterocycles. The van der Waals surface area contributed by atoms with Gasteiger partial charge in [-0.1, -0.05) is 0 Å². The Morgan fingerprint density at radius 2 is 2.08 bits per heavy atom. The van der Waals surface area contributed by atoms with Gasteiger partial charge in [0.1, 0.15) is 4.90 Å². The molecule has 1 aliphatic rings. The largest absolute Gasteiger partial charge is 0.470 e. The quantitative estimate of drug-likeness (QED) is 0.830. The van der Waals surface area contributed by atoms with Crippen molar-refractivity contribution >= 4 is 10.0 Å². The maximum absolute atomic E-state index is 12.6. The Bertz CT molecular complexity index is 807. The molecule has 3 heterocycles. The third-order valence-corrected chi connectivity index (χ3v) is 5.54. The number of piperidine rings is 1. The molecule has 2 aromatic heterocycles. The van der Waals surface area contributed by atoms with E-state index in [1.165, 1.54) is 28.8 Å². The van der Waals surface area contributed by atoms with E-state index < -0.39 is 28.0 Å². The lowest BCUT2D eigenvalue weighted by atomic mass is 10.00. The maximum atomic E-state index is 12.6. The van der Waals surface area contributed by atoms with Gasteiger partial charge in [-0.25, -0.2) is 8.42 Å². The Morgan fingerprint density at radius 3 is 2.71 bits per heavy atom. The Kier molecular flexibility index (Phi) is 4.30. The SMILES string of the molecule is O=S(=O)(c1cccnc1)N1CCCC(c2nnc(C(F)(F)F)o2)C1. The number of nitrogens with zero attached hydrogens (tertiary/aromatic N) is 4. The summed E-state index contributed by atoms with van der Waals surface area (Å²) in [6.07, 6.45) is -1.09. The highest BCUT2D eigenvalue weighted by atomic mass is 32.2. The van der Waals surface area contributed by atoms with E-state index in [1.807, 2.05) is 0 Å². The number of alkyl halides is 3. The minimum atomic E-state index is -4.72. The molecule has 0 amide bonds. The third-order valence-electron chi connectivity index (χ3n) is 3.69. The van der Waals surface area contributed by atoms with Crippen molar-refractivity contribution in [1.82, 2.24) is 19.5 Å². The number of rotatable bonds is 3. The second-order valence-corrected chi connectivity index (χ2v) is 7.27. The number of halogens is 3. The monoisotopic (exact) mass is 362 g/mol. The number of hydrogen-bond donors (Lipinski definition) is 0. The number of hydrogen-bond acceptors (Lipinski definition) is 6. The lowest BCUT2D eigenvalue weighted by molar-refractivity contribution is -0.157. The fourth-order valence-corrected chi connectivity index (χ4v) is 4.01. The van der Waals surface area contributed by atoms with Gasteiger partial charge < -0.3 is 4.42 Å². The van der Waals surface area contributed by atoms with Crippen LogP contribution in [0.1, 0.15) is 30.5 Å². The molecule has 1 fully saturated rings. The average molecular weight is 362 g/mol. The summed E-state index contributed by atoms with van der Waals surface area (Å²) in [5.74, 6) is -2.20. The molecule has 3 rings (SSSR count). The van der Waals surface area contributed by atoms with Crippen molar-refractivity contribution in [2.45, 2.75) is 29.8 Å². The van der Waals surface area contributed by atoms with Gasteiger partial charge in [0.2, 0.25) is 15.9 Å². The van der Waals surface area contributed by atoms with E-state index in [0.29, 0.717) is 12.8 Å². The number of sulfonamides is 1. The van der Waals surface area contributed by atoms with E-state index in [1.54, 1.807) is 0 Å². The fraction of sp³-hybridized carbons (Fsp3) is 0.462. The van der Waals surface area contributed by atoms with Crippen LogP contribution in [0.3, 0.4) is 0 Å². The summed E-state index contributed by atoms with van der Waals surface area (Å²) in [6.45, 7) is 0.255. The average Bonchev–Trinajstić information content (AvgIpc) is 3.06. The topological polar surface area (TPSA) is 89.2 Å². The highest BCUT2D eigenvalue weighted by Gasteiger charge is 2.40. The summed E-state index contributed by atoms with van der Waals surface area (Å²) in [5.41, 5.74) is 0. The van der Waals surface area contributed by atoms with Crippen molar-refractivity contribution in [3.8, 4) is 0 Å². The highest BCUT2D eigenvalue weighted by molar-refractivity contribution is 7.89. The van der Waals surface area contributed by atoms with Crippen LogP contribution in [-0.4, -0.2) is 41.0 Å². The third kappa shape index (κ3) is 3.26. The van der Waals surface area contributed by atoms with Gasteiger partial charge in [-0.3, -0.25) is 4.98 Å². The van der Waals surface area contributed by atoms with Crippen LogP contribution in [0, 0.1) is 0 Å². The van der Waals surface area contributed by atoms with E-state index in [9.17, 15) is 21.6 Å². The molecule has 0 aromatic carbocycles. The molecule has 0 aliphatic carbocycles. The predicted molar refractivity (Wildman–Crippen MR) is 74.3 cm³/mol. The standard InChI is InChI=1S/C13H13F3N4O3S/c14-13(15,16)12-19-18-11(23-12)9-3-2-6-20(8-9)24(21,22)10-4-1-5-17-7-10/h1,4-5,7,9H,2-3,6,8H2. The van der Waals surface area contributed by atoms with Gasteiger partial charge in [0, 0.05) is 25.5 Å². The first-order valence-corrected chi connectivity index (χ1v) is 8.53. The molecule has 0 bridgehead atoms. The Hall–Kier alpha value is -2.01. The second-order valence-electron chi connectivity index (χ2n) is 5.33. The zero-order valence-electron chi connectivity index (χ0n) is 12.3. The summed E-state index contributed by atoms with van der Waals surface area (Å²) in [6, 6.07) is 2.92. The zero-order chi connectivity index (χ0) is 17.4. The van der Waals surface area contributed by atoms with E-state index in [-0.39, 0.29) is 23.9 Å². The number of aromatic nitrogens is 3. The molecule has 24 heavy (non-hydrogen) atoms. The molecule has 1 aliphatic heterocycles. The first-order chi connectivity index (χ1) is 11.3. The molecule has 11 heteroatoms. The Balaban J connectivity index is 1.81. The van der Waals surface area contributed by atoms with Crippen LogP contribution in [0.2, 0.25) is 0 Å². The van der Waals surface area contributed by atoms with Crippen LogP contribution in [0.25, 0.3) is 0 Å². The van der Waals surface area contributed by atoms with Crippen LogP contribution in [0.5, 0.6) is 0 Å². The van der Waals surface area contributed by atoms with Crippen molar-refractivity contribution in [1.29, 1.82) is 0 Å². The van der Waals surface area contributed by atoms with Crippen molar-refractivity contribution in [2.75, 3.05) is 13.1 Å². The first-order valence-electron chi connectivity index (χ1n) is 7.09. The first kappa shape index (κ1) is 16.8. The smallest absolute Gasteiger partial charge is 0.417 e. The van der Waals surface area contributed by atoms with E-state index in [2.05, 4.69) is 19.6 Å². The lowest BCUT2D eigenvalue weighted by Crippen LogP contribution is -2.39. The molecular formula is C13H13F3N4O3S. The van der Waals surface area contributed by atoms with Gasteiger partial charge in [0.15, 0.2) is 0 Å². The van der Waals surface area contributed by atoms with Crippen molar-refractivity contribution in [3.63, 3.8) is 0 Å². The molecule has 0 spiro atoms. The zero-order valence-corrected chi connectivity index (χ0v) is 13.1. The van der Waals surface area contributed by atoms with Gasteiger partial charge in [0.05, 0.1) is 5.92 Å². The second kappa shape index (κ2) is 6.13. The van der Waals surface area contributed by atoms with Gasteiger partial charge >= 0.3 is 12.1 Å². The van der Waals surface area contributed by atoms with Crippen LogP contribution in [0.15, 0.2) is 33.8 Å². The van der Waals surface area contributed by atoms with Crippen LogP contribution < -0.4 is 0 Å². The van der Waals surface area contributed by atoms with Crippen molar-refractivity contribution in [2.24, 2.45) is 0 Å². The molecule has 130 valence electrons. The van der Waals surface area contributed by atoms with Crippen molar-refractivity contribution < 1.29 is 26.0 Å². The molecule has 0 N–H and O–H groups in total. The summed E-state index contributed by atoms with van der Waals surface area (Å²) >= 11 is 0. The Labute approximate surface area is 135 Å². The predicted octanol–water partition coefficient (Wildman–Crippen LogP) is 2.05. The molecule has 2 aromatic rings. The van der Waals surface area contributed by atoms with Crippen LogP contribution >= 0.6 is 0 Å². The van der Waals surface area contributed by atoms with E-state index in [0.717, 1.165) is 0 Å². The van der Waals surface area contributed by atoms with Gasteiger partial charge in [-0.05, 0) is 25.0 Å². The molecule has 0 radical (unpaired) electrons. The molecule has 1 atom stereocenters. The minimum absolute atomic E-state index is 0.0171. The van der Waals surface area contributed by atoms with Gasteiger partial charge in [-0.2, -0.15) is 17.5 Å². The van der Waals surface area contributed by atoms with Gasteiger partial charge in [-0.15, -0.1) is 10.2 Å². The number of pyridine rings is 1. The molecule has 0 saturated carbocycles. The highest BCUT2D eigenvalue weighted by Crippen LogP contribution is 2.33. The summed E-state index contributed by atoms with van der Waals surface area (Å²) < 4.78 is 68.7. The summed E-state index contributed by atoms with van der Waals surface area (Å²) in [5, 5.41) is 6.41. The lowest BCUT2D eigenvalue weighted by Gasteiger charge is -2.30. The van der Waals surface area contributed by atoms with E-state index in [4.69, 9.17) is 0 Å². The minimum Gasteiger partial charge on any atom is -0.417 e. The normalized spacial score (nSPS) is 20.2. The van der Waals surface area contributed by atoms with Crippen LogP contribution in [0.4, 0.5) is 13.2 Å². The van der Waals surface area contributed by atoms with E-state index >= 15 is 0 Å². The molecular weight excluding hydrogens is 349 g/mol. The summed E-state index contributed by atoms with van der Waals surface area (Å²) in [7, 11) is -3.77. The molecule has 1 unspecified atom stereocenters. The van der Waals surface area contributed by atoms with Crippen molar-refractivity contribution in [3.05, 3.63) is 36.3 Å². The van der Waals surface area contributed by atoms with Crippen LogP contribution in [-0.2, 0) is 16.2 Å². The summed E-state index contributed by atoms with van der Waals surface area (Å²) in [4.78, 5) is 3.82. The molecule has 7 nitrogen and oxygen atoms in total. The Morgan fingerprint density at radius 1 is 1.29 bits per heavy atom. The van der Waals surface area contributed by atoms with Gasteiger partial charge in [0.25, 0.3) is 0 Å².